The van der Waals surface area contributed by atoms with E-state index in [4.69, 9.17) is 0 Å². The molecule has 5 nitrogen and oxygen atoms in total. The van der Waals surface area contributed by atoms with Crippen LogP contribution in [0, 0.1) is 23.5 Å². The molecule has 1 aromatic rings. The van der Waals surface area contributed by atoms with Gasteiger partial charge in [-0.05, 0) is 68.4 Å². The highest BCUT2D eigenvalue weighted by Crippen LogP contribution is 2.39. The number of aliphatic hydroxyl groups excluding tert-OH is 3. The Morgan fingerprint density at radius 2 is 1.74 bits per heavy atom. The number of carbonyl (C=O) groups excluding carboxylic acids is 1. The van der Waals surface area contributed by atoms with Crippen molar-refractivity contribution in [3.05, 3.63) is 35.4 Å². The molecule has 0 bridgehead atoms. The van der Waals surface area contributed by atoms with E-state index in [0.29, 0.717) is 44.1 Å². The first kappa shape index (κ1) is 25.7. The van der Waals surface area contributed by atoms with Crippen LogP contribution in [0.25, 0.3) is 0 Å². The van der Waals surface area contributed by atoms with Crippen molar-refractivity contribution in [3.8, 4) is 0 Å². The topological polar surface area (TPSA) is 87.0 Å². The number of rotatable bonds is 13. The number of unbranched alkanes of at least 4 members (excludes halogenated alkanes) is 3. The molecule has 3 N–H and O–H groups in total. The predicted molar refractivity (Wildman–Crippen MR) is 113 cm³/mol. The van der Waals surface area contributed by atoms with E-state index in [1.54, 1.807) is 0 Å². The van der Waals surface area contributed by atoms with Crippen molar-refractivity contribution in [1.29, 1.82) is 0 Å². The minimum Gasteiger partial charge on any atom is -0.469 e. The van der Waals surface area contributed by atoms with Crippen LogP contribution in [0.15, 0.2) is 18.2 Å². The summed E-state index contributed by atoms with van der Waals surface area (Å²) in [6, 6.07) is 3.45. The first-order valence-corrected chi connectivity index (χ1v) is 11.4. The zero-order valence-electron chi connectivity index (χ0n) is 18.3. The second-order valence-corrected chi connectivity index (χ2v) is 8.73. The standard InChI is InChI=1S/C24H36F2O5/c1-31-24(30)7-5-3-2-4-6-19-20(23(29)15-22(19)28)13-12-18(27)11-9-16-8-10-17(25)14-21(16)26/h8,10,14,18-20,22-23,27-29H,2-7,9,11-13,15H2,1H3/t18-,19+,20?,22-,23+/m0/s1. The number of aryl methyl sites for hydroxylation is 1. The van der Waals surface area contributed by atoms with Gasteiger partial charge in [-0.3, -0.25) is 4.79 Å². The van der Waals surface area contributed by atoms with Crippen LogP contribution in [0.5, 0.6) is 0 Å². The van der Waals surface area contributed by atoms with E-state index < -0.39 is 29.9 Å². The van der Waals surface area contributed by atoms with Crippen LogP contribution in [0.1, 0.15) is 69.8 Å². The third-order valence-corrected chi connectivity index (χ3v) is 6.51. The highest BCUT2D eigenvalue weighted by atomic mass is 19.1. The second-order valence-electron chi connectivity index (χ2n) is 8.73. The van der Waals surface area contributed by atoms with Crippen molar-refractivity contribution in [3.63, 3.8) is 0 Å². The summed E-state index contributed by atoms with van der Waals surface area (Å²) in [5.74, 6) is -1.49. The first-order chi connectivity index (χ1) is 14.8. The summed E-state index contributed by atoms with van der Waals surface area (Å²) in [4.78, 5) is 11.1. The summed E-state index contributed by atoms with van der Waals surface area (Å²) in [7, 11) is 1.38. The second kappa shape index (κ2) is 13.1. The lowest BCUT2D eigenvalue weighted by Crippen LogP contribution is -2.24. The monoisotopic (exact) mass is 442 g/mol. The summed E-state index contributed by atoms with van der Waals surface area (Å²) in [6.07, 6.45) is 5.12. The maximum atomic E-state index is 13.7. The number of aliphatic hydroxyl groups is 3. The van der Waals surface area contributed by atoms with Gasteiger partial charge in [0.1, 0.15) is 11.6 Å². The molecule has 0 spiro atoms. The fourth-order valence-corrected chi connectivity index (χ4v) is 4.66. The van der Waals surface area contributed by atoms with E-state index in [0.717, 1.165) is 38.2 Å². The summed E-state index contributed by atoms with van der Waals surface area (Å²) < 4.78 is 31.3. The molecule has 7 heteroatoms. The molecule has 1 saturated carbocycles. The number of hydrogen-bond acceptors (Lipinski definition) is 5. The first-order valence-electron chi connectivity index (χ1n) is 11.4. The van der Waals surface area contributed by atoms with Gasteiger partial charge < -0.3 is 20.1 Å². The van der Waals surface area contributed by atoms with Gasteiger partial charge in [0.25, 0.3) is 0 Å². The Morgan fingerprint density at radius 1 is 1.06 bits per heavy atom. The minimum atomic E-state index is -0.645. The number of ether oxygens (including phenoxy) is 1. The van der Waals surface area contributed by atoms with Crippen LogP contribution in [0.3, 0.4) is 0 Å². The zero-order chi connectivity index (χ0) is 22.8. The molecule has 0 radical (unpaired) electrons. The van der Waals surface area contributed by atoms with Gasteiger partial charge in [-0.25, -0.2) is 8.78 Å². The molecule has 1 fully saturated rings. The van der Waals surface area contributed by atoms with Gasteiger partial charge in [-0.15, -0.1) is 0 Å². The van der Waals surface area contributed by atoms with E-state index in [1.807, 2.05) is 0 Å². The maximum absolute atomic E-state index is 13.7. The smallest absolute Gasteiger partial charge is 0.305 e. The van der Waals surface area contributed by atoms with Crippen molar-refractivity contribution >= 4 is 5.97 Å². The molecule has 1 aliphatic carbocycles. The molecule has 31 heavy (non-hydrogen) atoms. The Kier molecular flexibility index (Phi) is 10.8. The molecule has 0 amide bonds. The van der Waals surface area contributed by atoms with E-state index in [-0.39, 0.29) is 17.8 Å². The highest BCUT2D eigenvalue weighted by molar-refractivity contribution is 5.68. The van der Waals surface area contributed by atoms with Crippen molar-refractivity contribution in [2.75, 3.05) is 7.11 Å². The normalized spacial score (nSPS) is 24.3. The molecule has 1 unspecified atom stereocenters. The Labute approximate surface area is 183 Å². The molecule has 0 heterocycles. The Morgan fingerprint density at radius 3 is 2.42 bits per heavy atom. The molecule has 0 saturated heterocycles. The third kappa shape index (κ3) is 8.47. The number of esters is 1. The average molecular weight is 443 g/mol. The Hall–Kier alpha value is -1.57. The van der Waals surface area contributed by atoms with Crippen LogP contribution >= 0.6 is 0 Å². The quantitative estimate of drug-likeness (QED) is 0.319. The fourth-order valence-electron chi connectivity index (χ4n) is 4.66. The largest absolute Gasteiger partial charge is 0.469 e. The lowest BCUT2D eigenvalue weighted by molar-refractivity contribution is -0.140. The Balaban J connectivity index is 1.71. The van der Waals surface area contributed by atoms with Gasteiger partial charge in [0.15, 0.2) is 0 Å². The van der Waals surface area contributed by atoms with Gasteiger partial charge in [-0.2, -0.15) is 0 Å². The molecule has 1 aromatic carbocycles. The van der Waals surface area contributed by atoms with Crippen molar-refractivity contribution < 1.29 is 33.6 Å². The van der Waals surface area contributed by atoms with Gasteiger partial charge in [0.05, 0.1) is 25.4 Å². The van der Waals surface area contributed by atoms with Crippen LogP contribution in [0.2, 0.25) is 0 Å². The summed E-state index contributed by atoms with van der Waals surface area (Å²) in [6.45, 7) is 0. The van der Waals surface area contributed by atoms with Gasteiger partial charge in [0.2, 0.25) is 0 Å². The third-order valence-electron chi connectivity index (χ3n) is 6.51. The van der Waals surface area contributed by atoms with Gasteiger partial charge >= 0.3 is 5.97 Å². The van der Waals surface area contributed by atoms with Crippen LogP contribution < -0.4 is 0 Å². The number of carbonyl (C=O) groups is 1. The SMILES string of the molecule is COC(=O)CCCCCC[C@@H]1C(CC[C@@H](O)CCc2ccc(F)cc2F)[C@H](O)C[C@@H]1O. The summed E-state index contributed by atoms with van der Waals surface area (Å²) in [5.41, 5.74) is 0.377. The zero-order valence-corrected chi connectivity index (χ0v) is 18.3. The maximum Gasteiger partial charge on any atom is 0.305 e. The number of benzene rings is 1. The van der Waals surface area contributed by atoms with Crippen molar-refractivity contribution in [2.45, 2.75) is 88.9 Å². The molecule has 0 aromatic heterocycles. The summed E-state index contributed by atoms with van der Waals surface area (Å²) in [5, 5.41) is 31.0. The molecule has 2 rings (SSSR count). The number of halogens is 2. The molecule has 0 aliphatic heterocycles. The summed E-state index contributed by atoms with van der Waals surface area (Å²) >= 11 is 0. The Bertz CT molecular complexity index is 684. The number of methoxy groups -OCH3 is 1. The van der Waals surface area contributed by atoms with Gasteiger partial charge in [0, 0.05) is 12.5 Å². The van der Waals surface area contributed by atoms with E-state index in [9.17, 15) is 28.9 Å². The molecular weight excluding hydrogens is 406 g/mol. The molecule has 1 aliphatic rings. The van der Waals surface area contributed by atoms with Crippen LogP contribution in [-0.2, 0) is 16.0 Å². The predicted octanol–water partition coefficient (Wildman–Crippen LogP) is 3.91. The fraction of sp³-hybridized carbons (Fsp3) is 0.708. The van der Waals surface area contributed by atoms with Gasteiger partial charge in [-0.1, -0.05) is 25.3 Å². The molecular formula is C24H36F2O5. The van der Waals surface area contributed by atoms with Crippen LogP contribution in [-0.4, -0.2) is 46.7 Å². The minimum absolute atomic E-state index is 0.00245. The van der Waals surface area contributed by atoms with Crippen molar-refractivity contribution in [1.82, 2.24) is 0 Å². The number of hydrogen-bond donors (Lipinski definition) is 3. The molecule has 176 valence electrons. The highest BCUT2D eigenvalue weighted by Gasteiger charge is 2.40. The van der Waals surface area contributed by atoms with Crippen LogP contribution in [0.4, 0.5) is 8.78 Å². The van der Waals surface area contributed by atoms with E-state index in [1.165, 1.54) is 19.2 Å². The van der Waals surface area contributed by atoms with E-state index in [2.05, 4.69) is 4.74 Å². The lowest BCUT2D eigenvalue weighted by Gasteiger charge is -2.24. The molecule has 5 atom stereocenters. The van der Waals surface area contributed by atoms with E-state index >= 15 is 0 Å². The lowest BCUT2D eigenvalue weighted by atomic mass is 9.84. The van der Waals surface area contributed by atoms with Crippen molar-refractivity contribution in [2.24, 2.45) is 11.8 Å². The average Bonchev–Trinajstić information content (AvgIpc) is 3.00.